The summed E-state index contributed by atoms with van der Waals surface area (Å²) in [6, 6.07) is 63.6. The van der Waals surface area contributed by atoms with Crippen molar-refractivity contribution >= 4 is 82.2 Å². The van der Waals surface area contributed by atoms with Crippen LogP contribution in [0.15, 0.2) is 170 Å². The van der Waals surface area contributed by atoms with Crippen LogP contribution >= 0.6 is 0 Å². The van der Waals surface area contributed by atoms with Crippen LogP contribution in [0.3, 0.4) is 0 Å². The Balaban J connectivity index is 1.21. The van der Waals surface area contributed by atoms with Crippen molar-refractivity contribution in [3.63, 3.8) is 0 Å². The molecule has 0 unspecified atom stereocenters. The van der Waals surface area contributed by atoms with Crippen molar-refractivity contribution in [2.45, 2.75) is 58.5 Å². The van der Waals surface area contributed by atoms with E-state index in [9.17, 15) is 0 Å². The molecule has 0 heterocycles. The van der Waals surface area contributed by atoms with Gasteiger partial charge in [-0.25, -0.2) is 0 Å². The summed E-state index contributed by atoms with van der Waals surface area (Å²) >= 11 is 0. The Hall–Kier alpha value is -5.69. The molecule has 8 aromatic rings. The molecular weight excluding hydrogens is 721 g/mol. The Kier molecular flexibility index (Phi) is 8.91. The molecule has 0 saturated heterocycles. The first kappa shape index (κ1) is 36.9. The smallest absolute Gasteiger partial charge is 0.0775 e. The van der Waals surface area contributed by atoms with Gasteiger partial charge in [0.25, 0.3) is 0 Å². The summed E-state index contributed by atoms with van der Waals surface area (Å²) in [6.07, 6.45) is 0. The second kappa shape index (κ2) is 13.8. The van der Waals surface area contributed by atoms with Gasteiger partial charge in [-0.05, 0) is 117 Å². The Morgan fingerprint density at radius 1 is 0.368 bits per heavy atom. The Bertz CT molecular complexity index is 2760. The molecule has 0 bridgehead atoms. The lowest BCUT2D eigenvalue weighted by Crippen LogP contribution is -2.37. The van der Waals surface area contributed by atoms with E-state index in [1.165, 1.54) is 71.2 Å². The fraction of sp³-hybridized carbons (Fsp3) is 0.170. The van der Waals surface area contributed by atoms with Crippen molar-refractivity contribution in [1.29, 1.82) is 0 Å². The third kappa shape index (κ3) is 6.41. The summed E-state index contributed by atoms with van der Waals surface area (Å²) in [5.41, 5.74) is 12.2. The SMILES string of the molecule is CC1(C)c2cc(N(c3ccccc3)c3ccc([Si](C)(C)C)cc3)ccc2-c2c1c1ccc(N(c3ccccc3)c3ccc([Si](C)(C)C)cc3)cc1c1ccccc21. The molecule has 282 valence electrons. The number of hydrogen-bond acceptors (Lipinski definition) is 2. The van der Waals surface area contributed by atoms with E-state index in [0.717, 1.165) is 17.1 Å². The van der Waals surface area contributed by atoms with E-state index in [1.54, 1.807) is 0 Å². The minimum absolute atomic E-state index is 0.236. The molecule has 0 aromatic heterocycles. The lowest BCUT2D eigenvalue weighted by molar-refractivity contribution is 0.666. The Morgan fingerprint density at radius 3 is 1.30 bits per heavy atom. The van der Waals surface area contributed by atoms with E-state index >= 15 is 0 Å². The molecule has 0 atom stereocenters. The standard InChI is InChI=1S/C53H52N2Si2/c1-53(2)50-36-42(55(38-19-13-10-14-20-38)40-25-31-44(32-26-40)57(6,7)8)28-34-48(50)51-46-22-16-15-21-45(46)49-35-41(27-33-47(49)52(51)53)54(37-17-11-9-12-18-37)39-23-29-43(30-24-39)56(3,4)5/h9-36H,1-8H3. The summed E-state index contributed by atoms with van der Waals surface area (Å²) in [4.78, 5) is 4.83. The second-order valence-corrected chi connectivity index (χ2v) is 28.5. The van der Waals surface area contributed by atoms with Gasteiger partial charge in [-0.3, -0.25) is 0 Å². The van der Waals surface area contributed by atoms with Gasteiger partial charge < -0.3 is 9.80 Å². The zero-order valence-electron chi connectivity index (χ0n) is 34.6. The maximum Gasteiger partial charge on any atom is 0.0775 e. The number of benzene rings is 8. The molecular formula is C53H52N2Si2. The van der Waals surface area contributed by atoms with Crippen LogP contribution in [-0.4, -0.2) is 16.1 Å². The summed E-state index contributed by atoms with van der Waals surface area (Å²) in [5, 5.41) is 8.14. The second-order valence-electron chi connectivity index (χ2n) is 18.3. The maximum absolute atomic E-state index is 2.46. The van der Waals surface area contributed by atoms with Crippen molar-refractivity contribution in [3.05, 3.63) is 181 Å². The normalized spacial score (nSPS) is 13.4. The van der Waals surface area contributed by atoms with Crippen LogP contribution in [-0.2, 0) is 5.41 Å². The molecule has 9 rings (SSSR count). The zero-order chi connectivity index (χ0) is 39.7. The predicted octanol–water partition coefficient (Wildman–Crippen LogP) is 14.3. The molecule has 1 aliphatic carbocycles. The van der Waals surface area contributed by atoms with E-state index in [0.29, 0.717) is 0 Å². The lowest BCUT2D eigenvalue weighted by Gasteiger charge is -2.29. The van der Waals surface area contributed by atoms with E-state index in [-0.39, 0.29) is 5.41 Å². The van der Waals surface area contributed by atoms with Gasteiger partial charge in [0.1, 0.15) is 0 Å². The van der Waals surface area contributed by atoms with E-state index in [1.807, 2.05) is 0 Å². The molecule has 8 aromatic carbocycles. The first-order chi connectivity index (χ1) is 27.3. The first-order valence-electron chi connectivity index (χ1n) is 20.4. The van der Waals surface area contributed by atoms with Crippen molar-refractivity contribution in [2.75, 3.05) is 9.80 Å². The molecule has 0 N–H and O–H groups in total. The Labute approximate surface area is 341 Å². The van der Waals surface area contributed by atoms with Gasteiger partial charge in [-0.2, -0.15) is 0 Å². The number of fused-ring (bicyclic) bond motifs is 8. The average Bonchev–Trinajstić information content (AvgIpc) is 3.45. The molecule has 2 nitrogen and oxygen atoms in total. The summed E-state index contributed by atoms with van der Waals surface area (Å²) in [5.74, 6) is 0. The minimum Gasteiger partial charge on any atom is -0.310 e. The molecule has 4 heteroatoms. The van der Waals surface area contributed by atoms with Crippen LogP contribution in [0.2, 0.25) is 39.3 Å². The topological polar surface area (TPSA) is 6.48 Å². The largest absolute Gasteiger partial charge is 0.310 e. The fourth-order valence-corrected chi connectivity index (χ4v) is 11.4. The third-order valence-electron chi connectivity index (χ3n) is 12.1. The first-order valence-corrected chi connectivity index (χ1v) is 27.4. The van der Waals surface area contributed by atoms with Crippen LogP contribution < -0.4 is 20.2 Å². The number of anilines is 6. The minimum atomic E-state index is -1.44. The predicted molar refractivity (Wildman–Crippen MR) is 254 cm³/mol. The monoisotopic (exact) mass is 772 g/mol. The molecule has 0 aliphatic heterocycles. The van der Waals surface area contributed by atoms with Gasteiger partial charge in [0.15, 0.2) is 0 Å². The van der Waals surface area contributed by atoms with Gasteiger partial charge in [-0.15, -0.1) is 0 Å². The summed E-state index contributed by atoms with van der Waals surface area (Å²) in [7, 11) is -2.88. The van der Waals surface area contributed by atoms with Crippen molar-refractivity contribution < 1.29 is 0 Å². The molecule has 0 radical (unpaired) electrons. The molecule has 57 heavy (non-hydrogen) atoms. The number of nitrogens with zero attached hydrogens (tertiary/aromatic N) is 2. The van der Waals surface area contributed by atoms with E-state index in [2.05, 4.69) is 233 Å². The molecule has 0 saturated carbocycles. The van der Waals surface area contributed by atoms with Crippen LogP contribution in [0.4, 0.5) is 34.1 Å². The van der Waals surface area contributed by atoms with Gasteiger partial charge in [0.05, 0.1) is 16.1 Å². The number of para-hydroxylation sites is 2. The lowest BCUT2D eigenvalue weighted by atomic mass is 9.79. The highest BCUT2D eigenvalue weighted by Crippen LogP contribution is 2.56. The van der Waals surface area contributed by atoms with Crippen molar-refractivity contribution in [1.82, 2.24) is 0 Å². The van der Waals surface area contributed by atoms with Gasteiger partial charge in [0, 0.05) is 39.5 Å². The maximum atomic E-state index is 2.46. The van der Waals surface area contributed by atoms with E-state index < -0.39 is 16.1 Å². The van der Waals surface area contributed by atoms with Gasteiger partial charge >= 0.3 is 0 Å². The summed E-state index contributed by atoms with van der Waals surface area (Å²) < 4.78 is 0. The Morgan fingerprint density at radius 2 is 0.789 bits per heavy atom. The quantitative estimate of drug-likeness (QED) is 0.112. The van der Waals surface area contributed by atoms with Gasteiger partial charge in [-0.1, -0.05) is 161 Å². The van der Waals surface area contributed by atoms with Crippen LogP contribution in [0.1, 0.15) is 25.0 Å². The molecule has 0 fully saturated rings. The number of rotatable bonds is 8. The fourth-order valence-electron chi connectivity index (χ4n) is 9.06. The van der Waals surface area contributed by atoms with Gasteiger partial charge in [0.2, 0.25) is 0 Å². The third-order valence-corrected chi connectivity index (χ3v) is 16.2. The molecule has 0 spiro atoms. The molecule has 1 aliphatic rings. The van der Waals surface area contributed by atoms with E-state index in [4.69, 9.17) is 0 Å². The number of hydrogen-bond donors (Lipinski definition) is 0. The van der Waals surface area contributed by atoms with Crippen LogP contribution in [0.25, 0.3) is 32.7 Å². The zero-order valence-corrected chi connectivity index (χ0v) is 36.6. The highest BCUT2D eigenvalue weighted by molar-refractivity contribution is 6.89. The van der Waals surface area contributed by atoms with Crippen LogP contribution in [0.5, 0.6) is 0 Å². The van der Waals surface area contributed by atoms with Crippen molar-refractivity contribution in [3.8, 4) is 11.1 Å². The average molecular weight is 773 g/mol. The highest BCUT2D eigenvalue weighted by atomic mass is 28.3. The van der Waals surface area contributed by atoms with Crippen LogP contribution in [0, 0.1) is 0 Å². The summed E-state index contributed by atoms with van der Waals surface area (Å²) in [6.45, 7) is 19.3. The van der Waals surface area contributed by atoms with Crippen molar-refractivity contribution in [2.24, 2.45) is 0 Å². The highest BCUT2D eigenvalue weighted by Gasteiger charge is 2.39. The molecule has 0 amide bonds.